The smallest absolute Gasteiger partial charge is 0.328 e. The second-order valence-electron chi connectivity index (χ2n) is 12.9. The summed E-state index contributed by atoms with van der Waals surface area (Å²) in [6.45, 7) is 0.872. The molecule has 4 atom stereocenters. The molecule has 45 heavy (non-hydrogen) atoms. The highest BCUT2D eigenvalue weighted by molar-refractivity contribution is 5.85. The molecule has 0 unspecified atom stereocenters. The van der Waals surface area contributed by atoms with Crippen LogP contribution in [0.4, 0.5) is 5.82 Å². The van der Waals surface area contributed by atoms with E-state index < -0.39 is 5.97 Å². The van der Waals surface area contributed by atoms with E-state index in [9.17, 15) is 9.90 Å². The highest BCUT2D eigenvalue weighted by atomic mass is 16.4. The van der Waals surface area contributed by atoms with Gasteiger partial charge in [-0.15, -0.1) is 0 Å². The van der Waals surface area contributed by atoms with Crippen LogP contribution in [-0.2, 0) is 11.2 Å². The van der Waals surface area contributed by atoms with E-state index >= 15 is 0 Å². The average Bonchev–Trinajstić information content (AvgIpc) is 3.55. The number of aliphatic imine (C=N–C) groups is 1. The molecule has 0 fully saturated rings. The van der Waals surface area contributed by atoms with E-state index in [1.54, 1.807) is 0 Å². The number of fused-ring (bicyclic) bond motifs is 2. The van der Waals surface area contributed by atoms with E-state index in [4.69, 9.17) is 10.8 Å². The summed E-state index contributed by atoms with van der Waals surface area (Å²) in [7, 11) is 0. The standard InChI is InChI=1S/C37H51N5O3/c38-37-40-20-18-33(42-37)32(25-36(44)45)34(41-35-15-11-19-39-35)24-29-17-16-28-22-26-12-8-9-13-27(26)23-31(28)30(29)14-7-5-3-1-2-4-6-10-21-43/h8-9,11-13,15,19,22-23,25,29-30,33-34,39,41,43H,1-7,10,14,16-18,20-21,24H2,(H,44,45)(H3,38,40,42)/b32-25+/t29-,30-,33-,34+/m1/s1. The van der Waals surface area contributed by atoms with E-state index in [0.717, 1.165) is 49.9 Å². The predicted octanol–water partition coefficient (Wildman–Crippen LogP) is 6.88. The van der Waals surface area contributed by atoms with Crippen LogP contribution >= 0.6 is 0 Å². The molecule has 2 heterocycles. The zero-order valence-electron chi connectivity index (χ0n) is 26.5. The molecule has 1 aliphatic heterocycles. The molecule has 7 N–H and O–H groups in total. The zero-order chi connectivity index (χ0) is 31.4. The maximum Gasteiger partial charge on any atom is 0.328 e. The normalized spacial score (nSPS) is 20.7. The summed E-state index contributed by atoms with van der Waals surface area (Å²) in [6, 6.07) is 17.1. The number of H-pyrrole nitrogens is 1. The lowest BCUT2D eigenvalue weighted by atomic mass is 9.69. The number of aliphatic hydroxyl groups is 1. The van der Waals surface area contributed by atoms with Gasteiger partial charge in [-0.25, -0.2) is 4.79 Å². The number of aromatic amines is 1. The molecule has 8 heteroatoms. The van der Waals surface area contributed by atoms with E-state index in [0.29, 0.717) is 37.4 Å². The highest BCUT2D eigenvalue weighted by Crippen LogP contribution is 2.44. The van der Waals surface area contributed by atoms with Crippen molar-refractivity contribution in [1.29, 1.82) is 0 Å². The molecule has 1 aromatic heterocycles. The predicted molar refractivity (Wildman–Crippen MR) is 184 cm³/mol. The van der Waals surface area contributed by atoms with E-state index in [1.165, 1.54) is 66.5 Å². The monoisotopic (exact) mass is 613 g/mol. The Morgan fingerprint density at radius 2 is 1.73 bits per heavy atom. The van der Waals surface area contributed by atoms with Gasteiger partial charge in [0.1, 0.15) is 5.82 Å². The minimum Gasteiger partial charge on any atom is -0.478 e. The minimum atomic E-state index is -0.945. The zero-order valence-corrected chi connectivity index (χ0v) is 26.5. The summed E-state index contributed by atoms with van der Waals surface area (Å²) in [5, 5.41) is 28.5. The van der Waals surface area contributed by atoms with Crippen molar-refractivity contribution in [2.45, 2.75) is 101 Å². The van der Waals surface area contributed by atoms with Gasteiger partial charge >= 0.3 is 5.97 Å². The molecule has 0 radical (unpaired) electrons. The van der Waals surface area contributed by atoms with Crippen molar-refractivity contribution < 1.29 is 15.0 Å². The first-order valence-corrected chi connectivity index (χ1v) is 17.0. The summed E-state index contributed by atoms with van der Waals surface area (Å²) >= 11 is 0. The maximum atomic E-state index is 12.2. The van der Waals surface area contributed by atoms with Crippen LogP contribution in [0.2, 0.25) is 0 Å². The van der Waals surface area contributed by atoms with E-state index in [2.05, 4.69) is 57.0 Å². The topological polar surface area (TPSA) is 136 Å². The number of hydrogen-bond acceptors (Lipinski definition) is 6. The fourth-order valence-corrected chi connectivity index (χ4v) is 7.51. The van der Waals surface area contributed by atoms with Crippen LogP contribution in [0.3, 0.4) is 0 Å². The van der Waals surface area contributed by atoms with Crippen molar-refractivity contribution in [3.63, 3.8) is 0 Å². The molecule has 0 saturated carbocycles. The largest absolute Gasteiger partial charge is 0.478 e. The first-order chi connectivity index (χ1) is 22.0. The number of unbranched alkanes of at least 4 members (excludes halogenated alkanes) is 7. The molecule has 5 rings (SSSR count). The molecular formula is C37H51N5O3. The fraction of sp³-hybridized carbons (Fsp3) is 0.514. The summed E-state index contributed by atoms with van der Waals surface area (Å²) in [6.07, 6.45) is 17.5. The van der Waals surface area contributed by atoms with Crippen molar-refractivity contribution in [3.8, 4) is 0 Å². The van der Waals surface area contributed by atoms with Crippen molar-refractivity contribution in [2.75, 3.05) is 18.5 Å². The van der Waals surface area contributed by atoms with Gasteiger partial charge in [-0.2, -0.15) is 0 Å². The van der Waals surface area contributed by atoms with Crippen LogP contribution in [0.5, 0.6) is 0 Å². The Morgan fingerprint density at radius 3 is 2.42 bits per heavy atom. The number of nitrogens with two attached hydrogens (primary N) is 1. The summed E-state index contributed by atoms with van der Waals surface area (Å²) < 4.78 is 0. The lowest BCUT2D eigenvalue weighted by Crippen LogP contribution is -2.48. The van der Waals surface area contributed by atoms with Gasteiger partial charge in [0.15, 0.2) is 5.96 Å². The van der Waals surface area contributed by atoms with E-state index in [1.807, 2.05) is 18.3 Å². The Morgan fingerprint density at radius 1 is 1.00 bits per heavy atom. The van der Waals surface area contributed by atoms with Crippen LogP contribution in [0.15, 0.2) is 71.4 Å². The number of nitrogens with zero attached hydrogens (tertiary/aromatic N) is 1. The SMILES string of the molecule is NC1=NCC[C@H](/C(=C\C(=O)O)[C@H](C[C@H]2CCc3cc4ccccc4cc3[C@@H]2CCCCCCCCCCO)Nc2ccc[nH]2)N1. The van der Waals surface area contributed by atoms with Gasteiger partial charge in [0.25, 0.3) is 0 Å². The van der Waals surface area contributed by atoms with Gasteiger partial charge < -0.3 is 31.6 Å². The summed E-state index contributed by atoms with van der Waals surface area (Å²) in [5.74, 6) is 1.11. The molecule has 8 nitrogen and oxygen atoms in total. The van der Waals surface area contributed by atoms with Gasteiger partial charge in [0.05, 0.1) is 12.1 Å². The number of benzene rings is 2. The fourth-order valence-electron chi connectivity index (χ4n) is 7.51. The molecule has 0 saturated heterocycles. The molecule has 0 bridgehead atoms. The molecule has 2 aromatic carbocycles. The Kier molecular flexibility index (Phi) is 12.0. The quantitative estimate of drug-likeness (QED) is 0.0726. The molecule has 0 spiro atoms. The van der Waals surface area contributed by atoms with Crippen molar-refractivity contribution in [3.05, 3.63) is 77.5 Å². The van der Waals surface area contributed by atoms with Gasteiger partial charge in [-0.1, -0.05) is 81.3 Å². The second kappa shape index (κ2) is 16.5. The Bertz CT molecular complexity index is 1430. The number of nitrogens with one attached hydrogen (secondary N) is 3. The number of anilines is 1. The number of carboxylic acid groups (broad SMARTS) is 1. The number of hydrogen-bond donors (Lipinski definition) is 6. The van der Waals surface area contributed by atoms with Crippen molar-refractivity contribution >= 4 is 28.5 Å². The van der Waals surface area contributed by atoms with Gasteiger partial charge in [-0.05, 0) is 90.0 Å². The number of carbonyl (C=O) groups is 1. The molecule has 242 valence electrons. The first kappa shape index (κ1) is 32.6. The number of aryl methyl sites for hydroxylation is 1. The average molecular weight is 614 g/mol. The number of aliphatic carboxylic acids is 1. The van der Waals surface area contributed by atoms with Gasteiger partial charge in [0.2, 0.25) is 0 Å². The minimum absolute atomic E-state index is 0.184. The van der Waals surface area contributed by atoms with E-state index in [-0.39, 0.29) is 12.1 Å². The number of aliphatic hydroxyl groups excluding tert-OH is 1. The summed E-state index contributed by atoms with van der Waals surface area (Å²) in [4.78, 5) is 19.7. The van der Waals surface area contributed by atoms with Gasteiger partial charge in [-0.3, -0.25) is 4.99 Å². The number of guanidine groups is 1. The van der Waals surface area contributed by atoms with Crippen molar-refractivity contribution in [1.82, 2.24) is 10.3 Å². The van der Waals surface area contributed by atoms with Crippen LogP contribution in [-0.4, -0.2) is 52.4 Å². The number of aromatic nitrogens is 1. The molecule has 1 aliphatic carbocycles. The third-order valence-electron chi connectivity index (χ3n) is 9.77. The third kappa shape index (κ3) is 9.13. The Balaban J connectivity index is 1.38. The van der Waals surface area contributed by atoms with Crippen LogP contribution in [0, 0.1) is 5.92 Å². The second-order valence-corrected chi connectivity index (χ2v) is 12.9. The molecule has 0 amide bonds. The number of rotatable bonds is 17. The van der Waals surface area contributed by atoms with Crippen LogP contribution < -0.4 is 16.4 Å². The Labute approximate surface area is 267 Å². The lowest BCUT2D eigenvalue weighted by molar-refractivity contribution is -0.131. The van der Waals surface area contributed by atoms with Gasteiger partial charge in [0, 0.05) is 25.4 Å². The molecule has 2 aliphatic rings. The third-order valence-corrected chi connectivity index (χ3v) is 9.77. The lowest BCUT2D eigenvalue weighted by Gasteiger charge is -2.38. The molecular weight excluding hydrogens is 562 g/mol. The maximum absolute atomic E-state index is 12.2. The Hall–Kier alpha value is -3.78. The van der Waals surface area contributed by atoms with Crippen molar-refractivity contribution in [2.24, 2.45) is 16.6 Å². The van der Waals surface area contributed by atoms with Crippen LogP contribution in [0.1, 0.15) is 94.1 Å². The number of carboxylic acids is 1. The summed E-state index contributed by atoms with van der Waals surface area (Å²) in [5.41, 5.74) is 9.84. The first-order valence-electron chi connectivity index (χ1n) is 17.0. The highest BCUT2D eigenvalue weighted by Gasteiger charge is 2.34. The van der Waals surface area contributed by atoms with Crippen LogP contribution in [0.25, 0.3) is 10.8 Å². The molecule has 3 aromatic rings.